The lowest BCUT2D eigenvalue weighted by Gasteiger charge is -2.10. The average Bonchev–Trinajstić information content (AvgIpc) is 3.56. The zero-order chi connectivity index (χ0) is 22.8. The van der Waals surface area contributed by atoms with E-state index >= 15 is 0 Å². The Hall–Kier alpha value is -3.30. The van der Waals surface area contributed by atoms with Crippen molar-refractivity contribution in [2.75, 3.05) is 5.32 Å². The van der Waals surface area contributed by atoms with Gasteiger partial charge < -0.3 is 10.6 Å². The molecule has 1 saturated carbocycles. The van der Waals surface area contributed by atoms with Crippen LogP contribution < -0.4 is 10.6 Å². The number of anilines is 1. The zero-order valence-electron chi connectivity index (χ0n) is 17.6. The van der Waals surface area contributed by atoms with Crippen molar-refractivity contribution in [2.45, 2.75) is 38.3 Å². The van der Waals surface area contributed by atoms with Crippen molar-refractivity contribution in [3.05, 3.63) is 58.4 Å². The van der Waals surface area contributed by atoms with Gasteiger partial charge in [0.2, 0.25) is 11.7 Å². The van der Waals surface area contributed by atoms with Crippen molar-refractivity contribution in [3.63, 3.8) is 0 Å². The molecule has 2 heterocycles. The predicted octanol–water partition coefficient (Wildman–Crippen LogP) is 4.52. The molecule has 0 spiro atoms. The molecule has 2 aromatic carbocycles. The molecule has 4 aromatic rings. The molecule has 2 amide bonds. The molecule has 1 fully saturated rings. The van der Waals surface area contributed by atoms with Crippen molar-refractivity contribution < 1.29 is 9.59 Å². The van der Waals surface area contributed by atoms with Gasteiger partial charge >= 0.3 is 0 Å². The summed E-state index contributed by atoms with van der Waals surface area (Å²) in [7, 11) is 0. The summed E-state index contributed by atoms with van der Waals surface area (Å²) in [6.45, 7) is -0.00455. The van der Waals surface area contributed by atoms with Gasteiger partial charge in [0.15, 0.2) is 0 Å². The summed E-state index contributed by atoms with van der Waals surface area (Å²) >= 11 is 7.80. The van der Waals surface area contributed by atoms with E-state index in [2.05, 4.69) is 26.0 Å². The van der Waals surface area contributed by atoms with Crippen LogP contribution in [0.15, 0.2) is 48.5 Å². The molecule has 0 atom stereocenters. The van der Waals surface area contributed by atoms with Gasteiger partial charge in [-0.3, -0.25) is 9.59 Å². The highest BCUT2D eigenvalue weighted by atomic mass is 35.5. The van der Waals surface area contributed by atoms with E-state index in [0.717, 1.165) is 35.8 Å². The maximum atomic E-state index is 13.0. The van der Waals surface area contributed by atoms with Gasteiger partial charge in [0.05, 0.1) is 10.7 Å². The second-order valence-corrected chi connectivity index (χ2v) is 9.36. The van der Waals surface area contributed by atoms with E-state index in [-0.39, 0.29) is 24.4 Å². The molecule has 5 rings (SSSR count). The van der Waals surface area contributed by atoms with Crippen LogP contribution in [0.4, 0.5) is 5.69 Å². The minimum absolute atomic E-state index is 0.00455. The topological polar surface area (TPSA) is 102 Å². The molecule has 8 nitrogen and oxygen atoms in total. The number of thiophene rings is 1. The first-order chi connectivity index (χ1) is 16.1. The molecule has 2 aromatic heterocycles. The largest absolute Gasteiger partial charge is 0.352 e. The lowest BCUT2D eigenvalue weighted by Crippen LogP contribution is -2.35. The standard InChI is InChI=1S/C23H21ClN6O2S/c24-20-16-10-4-6-12-18(16)33-21(20)23(32)26-17-11-5-3-9-15(17)22-27-29-30(28-22)13-19(31)25-14-7-1-2-8-14/h3-6,9-12,14H,1-2,7-8,13H2,(H,25,31)(H,26,32). The molecule has 2 N–H and O–H groups in total. The number of nitrogens with zero attached hydrogens (tertiary/aromatic N) is 4. The third-order valence-corrected chi connectivity index (χ3v) is 7.29. The number of hydrogen-bond acceptors (Lipinski definition) is 6. The molecule has 0 aliphatic heterocycles. The predicted molar refractivity (Wildman–Crippen MR) is 128 cm³/mol. The highest BCUT2D eigenvalue weighted by Gasteiger charge is 2.21. The Morgan fingerprint density at radius 2 is 1.85 bits per heavy atom. The van der Waals surface area contributed by atoms with Crippen molar-refractivity contribution in [1.82, 2.24) is 25.5 Å². The number of fused-ring (bicyclic) bond motifs is 1. The van der Waals surface area contributed by atoms with Crippen molar-refractivity contribution in [1.29, 1.82) is 0 Å². The molecule has 168 valence electrons. The van der Waals surface area contributed by atoms with Gasteiger partial charge in [0, 0.05) is 21.7 Å². The molecule has 0 saturated heterocycles. The van der Waals surface area contributed by atoms with Crippen LogP contribution in [0.2, 0.25) is 5.02 Å². The number of tetrazole rings is 1. The molecular formula is C23H21ClN6O2S. The van der Waals surface area contributed by atoms with Gasteiger partial charge in [-0.2, -0.15) is 4.80 Å². The highest BCUT2D eigenvalue weighted by molar-refractivity contribution is 7.21. The van der Waals surface area contributed by atoms with E-state index < -0.39 is 0 Å². The summed E-state index contributed by atoms with van der Waals surface area (Å²) in [4.78, 5) is 27.0. The van der Waals surface area contributed by atoms with Gasteiger partial charge in [-0.05, 0) is 36.3 Å². The first-order valence-electron chi connectivity index (χ1n) is 10.7. The van der Waals surface area contributed by atoms with E-state index in [0.29, 0.717) is 27.0 Å². The summed E-state index contributed by atoms with van der Waals surface area (Å²) in [6.07, 6.45) is 4.31. The Bertz CT molecular complexity index is 1330. The van der Waals surface area contributed by atoms with Crippen LogP contribution in [0, 0.1) is 0 Å². The minimum atomic E-state index is -0.308. The molecule has 0 unspecified atom stereocenters. The lowest BCUT2D eigenvalue weighted by molar-refractivity contribution is -0.122. The molecule has 0 radical (unpaired) electrons. The Balaban J connectivity index is 1.33. The maximum absolute atomic E-state index is 13.0. The van der Waals surface area contributed by atoms with E-state index in [1.165, 1.54) is 16.1 Å². The Kier molecular flexibility index (Phi) is 6.06. The van der Waals surface area contributed by atoms with Crippen LogP contribution in [0.5, 0.6) is 0 Å². The summed E-state index contributed by atoms with van der Waals surface area (Å²) in [6, 6.07) is 15.1. The van der Waals surface area contributed by atoms with Crippen molar-refractivity contribution >= 4 is 50.5 Å². The van der Waals surface area contributed by atoms with E-state index in [1.807, 2.05) is 36.4 Å². The maximum Gasteiger partial charge on any atom is 0.267 e. The zero-order valence-corrected chi connectivity index (χ0v) is 19.2. The van der Waals surface area contributed by atoms with Gasteiger partial charge in [0.1, 0.15) is 11.4 Å². The van der Waals surface area contributed by atoms with Crippen molar-refractivity contribution in [3.8, 4) is 11.4 Å². The van der Waals surface area contributed by atoms with E-state index in [4.69, 9.17) is 11.6 Å². The molecule has 33 heavy (non-hydrogen) atoms. The molecule has 1 aliphatic carbocycles. The normalized spacial score (nSPS) is 14.0. The second kappa shape index (κ2) is 9.29. The van der Waals surface area contributed by atoms with Crippen LogP contribution in [0.3, 0.4) is 0 Å². The number of carbonyl (C=O) groups is 2. The number of amides is 2. The minimum Gasteiger partial charge on any atom is -0.352 e. The van der Waals surface area contributed by atoms with Gasteiger partial charge in [0.25, 0.3) is 5.91 Å². The summed E-state index contributed by atoms with van der Waals surface area (Å²) < 4.78 is 0.946. The van der Waals surface area contributed by atoms with Crippen LogP contribution in [-0.2, 0) is 11.3 Å². The van der Waals surface area contributed by atoms with Gasteiger partial charge in [-0.15, -0.1) is 21.5 Å². The second-order valence-electron chi connectivity index (χ2n) is 7.93. The number of para-hydroxylation sites is 1. The Morgan fingerprint density at radius 3 is 2.67 bits per heavy atom. The number of benzene rings is 2. The first-order valence-corrected chi connectivity index (χ1v) is 11.9. The fourth-order valence-corrected chi connectivity index (χ4v) is 5.43. The molecule has 1 aliphatic rings. The number of rotatable bonds is 6. The van der Waals surface area contributed by atoms with Crippen LogP contribution in [0.1, 0.15) is 35.4 Å². The summed E-state index contributed by atoms with van der Waals surface area (Å²) in [5.41, 5.74) is 1.14. The highest BCUT2D eigenvalue weighted by Crippen LogP contribution is 2.36. The Morgan fingerprint density at radius 1 is 1.09 bits per heavy atom. The summed E-state index contributed by atoms with van der Waals surface area (Å²) in [5, 5.41) is 19.7. The van der Waals surface area contributed by atoms with Crippen LogP contribution >= 0.6 is 22.9 Å². The van der Waals surface area contributed by atoms with E-state index in [1.54, 1.807) is 12.1 Å². The number of halogens is 1. The third-order valence-electron chi connectivity index (χ3n) is 5.62. The van der Waals surface area contributed by atoms with E-state index in [9.17, 15) is 9.59 Å². The monoisotopic (exact) mass is 480 g/mol. The quantitative estimate of drug-likeness (QED) is 0.422. The van der Waals surface area contributed by atoms with Crippen LogP contribution in [-0.4, -0.2) is 38.1 Å². The first kappa shape index (κ1) is 21.5. The third kappa shape index (κ3) is 4.60. The SMILES string of the molecule is O=C(Cn1nnc(-c2ccccc2NC(=O)c2sc3ccccc3c2Cl)n1)NC1CCCC1. The fraction of sp³-hybridized carbons (Fsp3) is 0.261. The number of aromatic nitrogens is 4. The summed E-state index contributed by atoms with van der Waals surface area (Å²) in [5.74, 6) is -0.120. The lowest BCUT2D eigenvalue weighted by atomic mass is 10.1. The number of hydrogen-bond donors (Lipinski definition) is 2. The number of nitrogens with one attached hydrogen (secondary N) is 2. The van der Waals surface area contributed by atoms with Crippen molar-refractivity contribution in [2.24, 2.45) is 0 Å². The van der Waals surface area contributed by atoms with Gasteiger partial charge in [-0.25, -0.2) is 0 Å². The Labute approximate surface area is 198 Å². The molecule has 10 heteroatoms. The fourth-order valence-electron chi connectivity index (χ4n) is 4.02. The molecule has 0 bridgehead atoms. The average molecular weight is 481 g/mol. The number of carbonyl (C=O) groups excluding carboxylic acids is 2. The molecular weight excluding hydrogens is 460 g/mol. The van der Waals surface area contributed by atoms with Crippen LogP contribution in [0.25, 0.3) is 21.5 Å². The van der Waals surface area contributed by atoms with Gasteiger partial charge in [-0.1, -0.05) is 54.8 Å². The smallest absolute Gasteiger partial charge is 0.267 e.